The zero-order valence-electron chi connectivity index (χ0n) is 14.8. The van der Waals surface area contributed by atoms with Crippen LogP contribution < -0.4 is 20.1 Å². The van der Waals surface area contributed by atoms with Crippen LogP contribution in [0, 0.1) is 0 Å². The molecule has 4 nitrogen and oxygen atoms in total. The molecule has 25 heavy (non-hydrogen) atoms. The normalized spacial score (nSPS) is 14.0. The van der Waals surface area contributed by atoms with Crippen LogP contribution in [0.15, 0.2) is 48.5 Å². The summed E-state index contributed by atoms with van der Waals surface area (Å²) in [7, 11) is 0. The monoisotopic (exact) mass is 356 g/mol. The van der Waals surface area contributed by atoms with Crippen LogP contribution in [-0.4, -0.2) is 17.9 Å². The van der Waals surface area contributed by atoms with E-state index in [1.54, 1.807) is 0 Å². The topological polar surface area (TPSA) is 42.5 Å². The van der Waals surface area contributed by atoms with Gasteiger partial charge in [-0.1, -0.05) is 44.2 Å². The number of ether oxygens (including phenoxy) is 2. The Bertz CT molecular complexity index is 747. The molecule has 0 spiro atoms. The van der Waals surface area contributed by atoms with Crippen LogP contribution >= 0.6 is 12.2 Å². The molecular formula is C20H24N2O2S. The van der Waals surface area contributed by atoms with Crippen molar-refractivity contribution >= 4 is 23.0 Å². The number of fused-ring (bicyclic) bond motifs is 1. The van der Waals surface area contributed by atoms with Gasteiger partial charge in [0.05, 0.1) is 0 Å². The molecule has 1 heterocycles. The summed E-state index contributed by atoms with van der Waals surface area (Å²) in [5.74, 6) is 1.51. The predicted molar refractivity (Wildman–Crippen MR) is 105 cm³/mol. The number of rotatable bonds is 5. The van der Waals surface area contributed by atoms with E-state index in [1.807, 2.05) is 24.3 Å². The van der Waals surface area contributed by atoms with Gasteiger partial charge in [0.25, 0.3) is 0 Å². The smallest absolute Gasteiger partial charge is 0.231 e. The van der Waals surface area contributed by atoms with Crippen molar-refractivity contribution < 1.29 is 9.47 Å². The number of thiocarbonyl (C=S) groups is 1. The summed E-state index contributed by atoms with van der Waals surface area (Å²) in [5.41, 5.74) is 2.29. The maximum atomic E-state index is 5.45. The lowest BCUT2D eigenvalue weighted by Gasteiger charge is -2.29. The van der Waals surface area contributed by atoms with Gasteiger partial charge in [0.1, 0.15) is 0 Å². The van der Waals surface area contributed by atoms with Crippen molar-refractivity contribution in [3.05, 3.63) is 54.1 Å². The molecule has 5 heteroatoms. The first-order valence-electron chi connectivity index (χ1n) is 8.47. The molecule has 132 valence electrons. The van der Waals surface area contributed by atoms with Gasteiger partial charge in [-0.05, 0) is 48.7 Å². The van der Waals surface area contributed by atoms with E-state index in [0.717, 1.165) is 23.6 Å². The third-order valence-electron chi connectivity index (χ3n) is 4.38. The molecular weight excluding hydrogens is 332 g/mol. The van der Waals surface area contributed by atoms with Gasteiger partial charge in [-0.2, -0.15) is 0 Å². The second-order valence-corrected chi connectivity index (χ2v) is 7.43. The molecule has 1 aliphatic heterocycles. The second kappa shape index (κ2) is 7.31. The van der Waals surface area contributed by atoms with Crippen LogP contribution in [0.5, 0.6) is 11.5 Å². The van der Waals surface area contributed by atoms with Crippen molar-refractivity contribution in [3.63, 3.8) is 0 Å². The standard InChI is InChI=1S/C20H24N2O2S/c1-14(12-20(2,3)15-7-5-4-6-8-15)21-19(25)22-16-9-10-17-18(11-16)24-13-23-17/h4-11,14H,12-13H2,1-3H3,(H2,21,22,25)/t14-/m0/s1. The summed E-state index contributed by atoms with van der Waals surface area (Å²) in [5, 5.41) is 7.19. The summed E-state index contributed by atoms with van der Waals surface area (Å²) in [6, 6.07) is 16.5. The fourth-order valence-corrected chi connectivity index (χ4v) is 3.51. The third kappa shape index (κ3) is 4.42. The lowest BCUT2D eigenvalue weighted by Crippen LogP contribution is -2.39. The van der Waals surface area contributed by atoms with E-state index in [2.05, 4.69) is 55.7 Å². The number of anilines is 1. The minimum absolute atomic E-state index is 0.0715. The first-order chi connectivity index (χ1) is 11.9. The summed E-state index contributed by atoms with van der Waals surface area (Å²) in [6.07, 6.45) is 0.972. The average molecular weight is 356 g/mol. The lowest BCUT2D eigenvalue weighted by molar-refractivity contribution is 0.174. The molecule has 0 radical (unpaired) electrons. The first kappa shape index (κ1) is 17.5. The maximum Gasteiger partial charge on any atom is 0.231 e. The van der Waals surface area contributed by atoms with E-state index in [0.29, 0.717) is 5.11 Å². The second-order valence-electron chi connectivity index (χ2n) is 7.02. The van der Waals surface area contributed by atoms with Gasteiger partial charge in [-0.25, -0.2) is 0 Å². The Balaban J connectivity index is 1.55. The van der Waals surface area contributed by atoms with Gasteiger partial charge in [-0.15, -0.1) is 0 Å². The van der Waals surface area contributed by atoms with Crippen LogP contribution in [0.4, 0.5) is 5.69 Å². The molecule has 0 unspecified atom stereocenters. The molecule has 1 atom stereocenters. The lowest BCUT2D eigenvalue weighted by atomic mass is 9.79. The van der Waals surface area contributed by atoms with Crippen LogP contribution in [0.3, 0.4) is 0 Å². The number of nitrogens with one attached hydrogen (secondary N) is 2. The highest BCUT2D eigenvalue weighted by atomic mass is 32.1. The van der Waals surface area contributed by atoms with Crippen molar-refractivity contribution in [2.24, 2.45) is 0 Å². The molecule has 0 saturated carbocycles. The van der Waals surface area contributed by atoms with E-state index in [4.69, 9.17) is 21.7 Å². The fourth-order valence-electron chi connectivity index (χ4n) is 3.19. The first-order valence-corrected chi connectivity index (χ1v) is 8.87. The van der Waals surface area contributed by atoms with Crippen LogP contribution in [-0.2, 0) is 5.41 Å². The Morgan fingerprint density at radius 2 is 1.84 bits per heavy atom. The summed E-state index contributed by atoms with van der Waals surface area (Å²) >= 11 is 5.45. The molecule has 0 fully saturated rings. The highest BCUT2D eigenvalue weighted by molar-refractivity contribution is 7.80. The van der Waals surface area contributed by atoms with Crippen molar-refractivity contribution in [1.82, 2.24) is 5.32 Å². The molecule has 2 aromatic carbocycles. The van der Waals surface area contributed by atoms with Gasteiger partial charge < -0.3 is 20.1 Å². The Morgan fingerprint density at radius 1 is 1.12 bits per heavy atom. The van der Waals surface area contributed by atoms with E-state index < -0.39 is 0 Å². The predicted octanol–water partition coefficient (Wildman–Crippen LogP) is 4.46. The molecule has 2 aromatic rings. The summed E-state index contributed by atoms with van der Waals surface area (Å²) < 4.78 is 10.7. The molecule has 0 aromatic heterocycles. The van der Waals surface area contributed by atoms with Crippen molar-refractivity contribution in [1.29, 1.82) is 0 Å². The van der Waals surface area contributed by atoms with E-state index >= 15 is 0 Å². The molecule has 0 saturated heterocycles. The molecule has 0 aliphatic carbocycles. The van der Waals surface area contributed by atoms with E-state index in [9.17, 15) is 0 Å². The largest absolute Gasteiger partial charge is 0.454 e. The van der Waals surface area contributed by atoms with E-state index in [1.165, 1.54) is 5.56 Å². The molecule has 2 N–H and O–H groups in total. The third-order valence-corrected chi connectivity index (χ3v) is 4.60. The van der Waals surface area contributed by atoms with Crippen molar-refractivity contribution in [2.75, 3.05) is 12.1 Å². The number of hydrogen-bond acceptors (Lipinski definition) is 3. The fraction of sp³-hybridized carbons (Fsp3) is 0.350. The molecule has 0 bridgehead atoms. The Labute approximate surface area is 154 Å². The van der Waals surface area contributed by atoms with Crippen LogP contribution in [0.1, 0.15) is 32.8 Å². The van der Waals surface area contributed by atoms with Gasteiger partial charge in [0.2, 0.25) is 6.79 Å². The highest BCUT2D eigenvalue weighted by Gasteiger charge is 2.23. The Morgan fingerprint density at radius 3 is 2.60 bits per heavy atom. The van der Waals surface area contributed by atoms with E-state index in [-0.39, 0.29) is 18.2 Å². The zero-order chi connectivity index (χ0) is 17.9. The van der Waals surface area contributed by atoms with Crippen molar-refractivity contribution in [2.45, 2.75) is 38.6 Å². The van der Waals surface area contributed by atoms with Gasteiger partial charge in [0.15, 0.2) is 16.6 Å². The van der Waals surface area contributed by atoms with Crippen molar-refractivity contribution in [3.8, 4) is 11.5 Å². The van der Waals surface area contributed by atoms with Crippen LogP contribution in [0.25, 0.3) is 0 Å². The zero-order valence-corrected chi connectivity index (χ0v) is 15.7. The minimum Gasteiger partial charge on any atom is -0.454 e. The number of hydrogen-bond donors (Lipinski definition) is 2. The maximum absolute atomic E-state index is 5.45. The van der Waals surface area contributed by atoms with Crippen LogP contribution in [0.2, 0.25) is 0 Å². The highest BCUT2D eigenvalue weighted by Crippen LogP contribution is 2.34. The molecule has 0 amide bonds. The minimum atomic E-state index is 0.0715. The molecule has 3 rings (SSSR count). The number of benzene rings is 2. The van der Waals surface area contributed by atoms with Gasteiger partial charge in [0, 0.05) is 17.8 Å². The summed E-state index contributed by atoms with van der Waals surface area (Å²) in [6.45, 7) is 6.94. The van der Waals surface area contributed by atoms with Gasteiger partial charge >= 0.3 is 0 Å². The van der Waals surface area contributed by atoms with Gasteiger partial charge in [-0.3, -0.25) is 0 Å². The molecule has 1 aliphatic rings. The average Bonchev–Trinajstić information content (AvgIpc) is 3.02. The Kier molecular flexibility index (Phi) is 5.13. The Hall–Kier alpha value is -2.27. The quantitative estimate of drug-likeness (QED) is 0.775. The summed E-state index contributed by atoms with van der Waals surface area (Å²) in [4.78, 5) is 0. The SMILES string of the molecule is C[C@@H](CC(C)(C)c1ccccc1)NC(=S)Nc1ccc2c(c1)OCO2.